The van der Waals surface area contributed by atoms with E-state index in [-0.39, 0.29) is 0 Å². The highest BCUT2D eigenvalue weighted by atomic mass is 15.1. The van der Waals surface area contributed by atoms with Gasteiger partial charge in [-0.1, -0.05) is 25.7 Å². The van der Waals surface area contributed by atoms with Crippen LogP contribution in [-0.2, 0) is 0 Å². The van der Waals surface area contributed by atoms with E-state index in [1.165, 1.54) is 12.8 Å². The zero-order valence-corrected chi connectivity index (χ0v) is 7.56. The second kappa shape index (κ2) is 4.41. The van der Waals surface area contributed by atoms with Gasteiger partial charge in [-0.3, -0.25) is 4.90 Å². The summed E-state index contributed by atoms with van der Waals surface area (Å²) in [4.78, 5) is 2.34. The third-order valence-corrected chi connectivity index (χ3v) is 2.08. The van der Waals surface area contributed by atoms with Gasteiger partial charge in [0.2, 0.25) is 0 Å². The average molecular weight is 151 g/mol. The summed E-state index contributed by atoms with van der Waals surface area (Å²) < 4.78 is 0. The van der Waals surface area contributed by atoms with Crippen LogP contribution in [-0.4, -0.2) is 24.5 Å². The molecule has 1 heteroatoms. The normalized spacial score (nSPS) is 16.3. The van der Waals surface area contributed by atoms with Crippen molar-refractivity contribution < 1.29 is 0 Å². The van der Waals surface area contributed by atoms with E-state index in [4.69, 9.17) is 0 Å². The second-order valence-corrected chi connectivity index (χ2v) is 3.06. The highest BCUT2D eigenvalue weighted by molar-refractivity contribution is 5.10. The van der Waals surface area contributed by atoms with Crippen molar-refractivity contribution in [2.45, 2.75) is 26.7 Å². The lowest BCUT2D eigenvalue weighted by Crippen LogP contribution is -2.22. The Balaban J connectivity index is 2.13. The zero-order chi connectivity index (χ0) is 8.10. The SMILES string of the molecule is CCN(CC)CC#CC1CC1. The van der Waals surface area contributed by atoms with Gasteiger partial charge in [-0.25, -0.2) is 0 Å². The highest BCUT2D eigenvalue weighted by Gasteiger charge is 2.17. The lowest BCUT2D eigenvalue weighted by molar-refractivity contribution is 0.342. The standard InChI is InChI=1S/C10H17N/c1-3-11(4-2)9-5-6-10-7-8-10/h10H,3-4,7-9H2,1-2H3. The molecule has 1 aliphatic carbocycles. The highest BCUT2D eigenvalue weighted by Crippen LogP contribution is 2.27. The van der Waals surface area contributed by atoms with Gasteiger partial charge >= 0.3 is 0 Å². The number of hydrogen-bond donors (Lipinski definition) is 0. The quantitative estimate of drug-likeness (QED) is 0.555. The van der Waals surface area contributed by atoms with Crippen LogP contribution in [0.2, 0.25) is 0 Å². The molecule has 0 N–H and O–H groups in total. The molecule has 1 aliphatic rings. The summed E-state index contributed by atoms with van der Waals surface area (Å²) in [5.74, 6) is 7.24. The van der Waals surface area contributed by atoms with Crippen LogP contribution < -0.4 is 0 Å². The van der Waals surface area contributed by atoms with Gasteiger partial charge in [0.1, 0.15) is 0 Å². The van der Waals surface area contributed by atoms with Crippen LogP contribution >= 0.6 is 0 Å². The average Bonchev–Trinajstić information content (AvgIpc) is 2.82. The summed E-state index contributed by atoms with van der Waals surface area (Å²) in [7, 11) is 0. The van der Waals surface area contributed by atoms with Crippen LogP contribution in [0, 0.1) is 17.8 Å². The largest absolute Gasteiger partial charge is 0.293 e. The van der Waals surface area contributed by atoms with Gasteiger partial charge < -0.3 is 0 Å². The molecule has 1 saturated carbocycles. The molecule has 0 amide bonds. The van der Waals surface area contributed by atoms with Gasteiger partial charge in [-0.2, -0.15) is 0 Å². The molecule has 0 heterocycles. The van der Waals surface area contributed by atoms with Crippen molar-refractivity contribution in [2.24, 2.45) is 5.92 Å². The maximum atomic E-state index is 3.26. The molecule has 0 radical (unpaired) electrons. The fourth-order valence-electron chi connectivity index (χ4n) is 0.977. The summed E-state index contributed by atoms with van der Waals surface area (Å²) in [6.45, 7) is 7.57. The van der Waals surface area contributed by atoms with Crippen LogP contribution in [0.1, 0.15) is 26.7 Å². The van der Waals surface area contributed by atoms with Crippen molar-refractivity contribution in [2.75, 3.05) is 19.6 Å². The molecule has 1 nitrogen and oxygen atoms in total. The molecule has 0 atom stereocenters. The summed E-state index contributed by atoms with van der Waals surface area (Å²) in [6, 6.07) is 0. The van der Waals surface area contributed by atoms with E-state index in [9.17, 15) is 0 Å². The first kappa shape index (κ1) is 8.62. The van der Waals surface area contributed by atoms with Gasteiger partial charge in [-0.05, 0) is 25.9 Å². The fraction of sp³-hybridized carbons (Fsp3) is 0.800. The first-order chi connectivity index (χ1) is 5.36. The van der Waals surface area contributed by atoms with Crippen molar-refractivity contribution in [1.29, 1.82) is 0 Å². The van der Waals surface area contributed by atoms with E-state index in [0.717, 1.165) is 25.6 Å². The smallest absolute Gasteiger partial charge is 0.0601 e. The summed E-state index contributed by atoms with van der Waals surface area (Å²) in [6.07, 6.45) is 2.68. The number of hydrogen-bond acceptors (Lipinski definition) is 1. The third-order valence-electron chi connectivity index (χ3n) is 2.08. The molecule has 0 aliphatic heterocycles. The van der Waals surface area contributed by atoms with Crippen molar-refractivity contribution >= 4 is 0 Å². The Hall–Kier alpha value is -0.480. The Morgan fingerprint density at radius 3 is 2.36 bits per heavy atom. The van der Waals surface area contributed by atoms with Gasteiger partial charge in [0.15, 0.2) is 0 Å². The minimum Gasteiger partial charge on any atom is -0.293 e. The van der Waals surface area contributed by atoms with Gasteiger partial charge in [0, 0.05) is 5.92 Å². The molecular formula is C10H17N. The third kappa shape index (κ3) is 3.43. The zero-order valence-electron chi connectivity index (χ0n) is 7.56. The predicted molar refractivity (Wildman–Crippen MR) is 48.3 cm³/mol. The molecule has 1 fully saturated rings. The van der Waals surface area contributed by atoms with E-state index < -0.39 is 0 Å². The summed E-state index contributed by atoms with van der Waals surface area (Å²) >= 11 is 0. The molecule has 0 unspecified atom stereocenters. The van der Waals surface area contributed by atoms with E-state index in [2.05, 4.69) is 30.6 Å². The Bertz CT molecular complexity index is 155. The van der Waals surface area contributed by atoms with Gasteiger partial charge in [0.05, 0.1) is 6.54 Å². The molecule has 0 aromatic carbocycles. The monoisotopic (exact) mass is 151 g/mol. The van der Waals surface area contributed by atoms with Crippen molar-refractivity contribution in [1.82, 2.24) is 4.90 Å². The molecule has 0 aromatic heterocycles. The Labute approximate surface area is 69.8 Å². The molecule has 0 aromatic rings. The summed E-state index contributed by atoms with van der Waals surface area (Å²) in [5, 5.41) is 0. The molecular weight excluding hydrogens is 134 g/mol. The van der Waals surface area contributed by atoms with E-state index >= 15 is 0 Å². The number of rotatable bonds is 3. The minimum atomic E-state index is 0.755. The Kier molecular flexibility index (Phi) is 3.45. The fourth-order valence-corrected chi connectivity index (χ4v) is 0.977. The van der Waals surface area contributed by atoms with Crippen molar-refractivity contribution in [3.63, 3.8) is 0 Å². The summed E-state index contributed by atoms with van der Waals surface area (Å²) in [5.41, 5.74) is 0. The first-order valence-electron chi connectivity index (χ1n) is 4.57. The molecule has 0 saturated heterocycles. The Morgan fingerprint density at radius 1 is 1.27 bits per heavy atom. The lowest BCUT2D eigenvalue weighted by atomic mass is 10.4. The van der Waals surface area contributed by atoms with Gasteiger partial charge in [-0.15, -0.1) is 0 Å². The Morgan fingerprint density at radius 2 is 1.91 bits per heavy atom. The molecule has 0 bridgehead atoms. The van der Waals surface area contributed by atoms with Crippen molar-refractivity contribution in [3.05, 3.63) is 0 Å². The topological polar surface area (TPSA) is 3.24 Å². The maximum absolute atomic E-state index is 3.26. The van der Waals surface area contributed by atoms with Crippen LogP contribution in [0.5, 0.6) is 0 Å². The predicted octanol–water partition coefficient (Wildman–Crippen LogP) is 1.74. The van der Waals surface area contributed by atoms with Crippen LogP contribution in [0.3, 0.4) is 0 Å². The second-order valence-electron chi connectivity index (χ2n) is 3.06. The lowest BCUT2D eigenvalue weighted by Gasteiger charge is -2.13. The van der Waals surface area contributed by atoms with E-state index in [1.807, 2.05) is 0 Å². The van der Waals surface area contributed by atoms with E-state index in [1.54, 1.807) is 0 Å². The first-order valence-corrected chi connectivity index (χ1v) is 4.57. The molecule has 62 valence electrons. The van der Waals surface area contributed by atoms with E-state index in [0.29, 0.717) is 0 Å². The molecule has 1 rings (SSSR count). The van der Waals surface area contributed by atoms with Crippen LogP contribution in [0.15, 0.2) is 0 Å². The maximum Gasteiger partial charge on any atom is 0.0601 e. The van der Waals surface area contributed by atoms with Crippen LogP contribution in [0.25, 0.3) is 0 Å². The van der Waals surface area contributed by atoms with Gasteiger partial charge in [0.25, 0.3) is 0 Å². The van der Waals surface area contributed by atoms with Crippen molar-refractivity contribution in [3.8, 4) is 11.8 Å². The number of nitrogens with zero attached hydrogens (tertiary/aromatic N) is 1. The molecule has 0 spiro atoms. The van der Waals surface area contributed by atoms with Crippen LogP contribution in [0.4, 0.5) is 0 Å². The minimum absolute atomic E-state index is 0.755. The molecule has 11 heavy (non-hydrogen) atoms.